The van der Waals surface area contributed by atoms with Crippen molar-refractivity contribution in [2.45, 2.75) is 44.2 Å². The Morgan fingerprint density at radius 1 is 1.10 bits per heavy atom. The van der Waals surface area contributed by atoms with Gasteiger partial charge in [-0.1, -0.05) is 43.0 Å². The summed E-state index contributed by atoms with van der Waals surface area (Å²) < 4.78 is 0.827. The number of rotatable bonds is 4. The van der Waals surface area contributed by atoms with Crippen LogP contribution in [0.4, 0.5) is 5.69 Å². The first kappa shape index (κ1) is 22.1. The first-order chi connectivity index (χ1) is 14.9. The number of amides is 2. The highest BCUT2D eigenvalue weighted by Crippen LogP contribution is 2.38. The molecule has 2 amide bonds. The van der Waals surface area contributed by atoms with Crippen molar-refractivity contribution < 1.29 is 19.5 Å². The van der Waals surface area contributed by atoms with Crippen molar-refractivity contribution in [3.05, 3.63) is 62.2 Å². The lowest BCUT2D eigenvalue weighted by Crippen LogP contribution is -2.52. The van der Waals surface area contributed by atoms with Gasteiger partial charge in [0.1, 0.15) is 12.1 Å². The highest BCUT2D eigenvalue weighted by Gasteiger charge is 2.46. The summed E-state index contributed by atoms with van der Waals surface area (Å²) in [6.45, 7) is 0. The van der Waals surface area contributed by atoms with Gasteiger partial charge in [0.2, 0.25) is 0 Å². The number of nitrogens with one attached hydrogen (secondary N) is 1. The zero-order valence-electron chi connectivity index (χ0n) is 16.7. The van der Waals surface area contributed by atoms with E-state index in [0.717, 1.165) is 35.7 Å². The summed E-state index contributed by atoms with van der Waals surface area (Å²) in [6, 6.07) is 9.64. The number of anilines is 1. The molecule has 1 heterocycles. The van der Waals surface area contributed by atoms with Crippen molar-refractivity contribution in [1.29, 1.82) is 0 Å². The Bertz CT molecular complexity index is 1020. The smallest absolute Gasteiger partial charge is 0.326 e. The molecule has 162 valence electrons. The van der Waals surface area contributed by atoms with E-state index in [1.54, 1.807) is 42.5 Å². The lowest BCUT2D eigenvalue weighted by Gasteiger charge is -2.39. The first-order valence-electron chi connectivity index (χ1n) is 10.3. The van der Waals surface area contributed by atoms with E-state index in [1.165, 1.54) is 4.90 Å². The van der Waals surface area contributed by atoms with Gasteiger partial charge in [-0.05, 0) is 77.2 Å². The fraction of sp³-hybridized carbons (Fsp3) is 0.348. The molecule has 0 spiro atoms. The molecule has 31 heavy (non-hydrogen) atoms. The van der Waals surface area contributed by atoms with Crippen molar-refractivity contribution in [3.63, 3.8) is 0 Å². The Morgan fingerprint density at radius 2 is 1.77 bits per heavy atom. The minimum atomic E-state index is -1.09. The molecule has 1 aliphatic carbocycles. The van der Waals surface area contributed by atoms with Crippen LogP contribution in [0.1, 0.15) is 54.1 Å². The molecule has 2 aliphatic rings. The van der Waals surface area contributed by atoms with Crippen LogP contribution in [0.25, 0.3) is 0 Å². The van der Waals surface area contributed by atoms with Crippen molar-refractivity contribution in [3.8, 4) is 0 Å². The first-order valence-corrected chi connectivity index (χ1v) is 11.7. The third kappa shape index (κ3) is 4.43. The van der Waals surface area contributed by atoms with Gasteiger partial charge in [0.25, 0.3) is 11.8 Å². The molecule has 0 unspecified atom stereocenters. The number of carbonyl (C=O) groups is 3. The van der Waals surface area contributed by atoms with E-state index < -0.39 is 29.9 Å². The van der Waals surface area contributed by atoms with Gasteiger partial charge in [-0.2, -0.15) is 0 Å². The standard InChI is InChI=1S/C23H22ClIN2O4/c24-15-8-6-14(7-9-15)19-21(28)26-18-11-10-16(25)12-17(18)22(29)27(19)20(23(30)31)13-4-2-1-3-5-13/h6-13,19-20H,1-5H2,(H,26,28)(H,30,31)/t19-,20-/m0/s1. The third-order valence-corrected chi connectivity index (χ3v) is 6.99. The quantitative estimate of drug-likeness (QED) is 0.516. The predicted octanol–water partition coefficient (Wildman–Crippen LogP) is 5.11. The molecule has 0 aromatic heterocycles. The van der Waals surface area contributed by atoms with Gasteiger partial charge in [0.15, 0.2) is 0 Å². The van der Waals surface area contributed by atoms with Crippen LogP contribution in [0.3, 0.4) is 0 Å². The zero-order valence-corrected chi connectivity index (χ0v) is 19.6. The van der Waals surface area contributed by atoms with Crippen LogP contribution >= 0.6 is 34.2 Å². The molecule has 8 heteroatoms. The van der Waals surface area contributed by atoms with E-state index in [-0.39, 0.29) is 5.92 Å². The van der Waals surface area contributed by atoms with Crippen LogP contribution in [0.2, 0.25) is 5.02 Å². The zero-order chi connectivity index (χ0) is 22.1. The van der Waals surface area contributed by atoms with Crippen LogP contribution < -0.4 is 5.32 Å². The number of hydrogen-bond donors (Lipinski definition) is 2. The number of hydrogen-bond acceptors (Lipinski definition) is 3. The van der Waals surface area contributed by atoms with E-state index in [0.29, 0.717) is 21.8 Å². The molecule has 2 aromatic carbocycles. The second kappa shape index (κ2) is 9.16. The monoisotopic (exact) mass is 552 g/mol. The Labute approximate surface area is 199 Å². The Balaban J connectivity index is 1.89. The van der Waals surface area contributed by atoms with E-state index in [2.05, 4.69) is 27.9 Å². The molecule has 1 fully saturated rings. The number of carbonyl (C=O) groups excluding carboxylic acids is 2. The van der Waals surface area contributed by atoms with Gasteiger partial charge in [-0.3, -0.25) is 9.59 Å². The van der Waals surface area contributed by atoms with Gasteiger partial charge < -0.3 is 15.3 Å². The van der Waals surface area contributed by atoms with Gasteiger partial charge in [0, 0.05) is 8.59 Å². The normalized spacial score (nSPS) is 20.6. The van der Waals surface area contributed by atoms with Crippen LogP contribution in [0.15, 0.2) is 42.5 Å². The molecule has 1 aliphatic heterocycles. The average molecular weight is 553 g/mol. The second-order valence-corrected chi connectivity index (χ2v) is 9.71. The van der Waals surface area contributed by atoms with Crippen LogP contribution in [0.5, 0.6) is 0 Å². The predicted molar refractivity (Wildman–Crippen MR) is 126 cm³/mol. The molecular weight excluding hydrogens is 531 g/mol. The van der Waals surface area contributed by atoms with Gasteiger partial charge in [-0.25, -0.2) is 4.79 Å². The number of carboxylic acids is 1. The number of halogens is 2. The Kier molecular flexibility index (Phi) is 6.52. The molecule has 0 radical (unpaired) electrons. The van der Waals surface area contributed by atoms with Crippen molar-refractivity contribution >= 4 is 57.7 Å². The van der Waals surface area contributed by atoms with Crippen LogP contribution in [0, 0.1) is 9.49 Å². The van der Waals surface area contributed by atoms with E-state index >= 15 is 0 Å². The number of carboxylic acid groups (broad SMARTS) is 1. The third-order valence-electron chi connectivity index (χ3n) is 6.07. The maximum Gasteiger partial charge on any atom is 0.326 e. The van der Waals surface area contributed by atoms with Crippen molar-refractivity contribution in [1.82, 2.24) is 4.90 Å². The van der Waals surface area contributed by atoms with E-state index in [4.69, 9.17) is 11.6 Å². The molecule has 4 rings (SSSR count). The van der Waals surface area contributed by atoms with Crippen LogP contribution in [-0.2, 0) is 9.59 Å². The van der Waals surface area contributed by atoms with Gasteiger partial charge >= 0.3 is 5.97 Å². The molecule has 2 N–H and O–H groups in total. The molecule has 1 saturated carbocycles. The van der Waals surface area contributed by atoms with E-state index in [9.17, 15) is 19.5 Å². The SMILES string of the molecule is O=C1Nc2ccc(I)cc2C(=O)N([C@H](C(=O)O)C2CCCCC2)[C@H]1c1ccc(Cl)cc1. The number of nitrogens with zero attached hydrogens (tertiary/aromatic N) is 1. The summed E-state index contributed by atoms with van der Waals surface area (Å²) in [5, 5.41) is 13.6. The second-order valence-electron chi connectivity index (χ2n) is 8.03. The molecule has 0 saturated heterocycles. The summed E-state index contributed by atoms with van der Waals surface area (Å²) in [4.78, 5) is 41.0. The molecule has 2 atom stereocenters. The summed E-state index contributed by atoms with van der Waals surface area (Å²) in [7, 11) is 0. The minimum Gasteiger partial charge on any atom is -0.480 e. The summed E-state index contributed by atoms with van der Waals surface area (Å²) in [5.41, 5.74) is 1.23. The lowest BCUT2D eigenvalue weighted by molar-refractivity contribution is -0.146. The fourth-order valence-electron chi connectivity index (χ4n) is 4.63. The minimum absolute atomic E-state index is 0.206. The largest absolute Gasteiger partial charge is 0.480 e. The van der Waals surface area contributed by atoms with Gasteiger partial charge in [-0.15, -0.1) is 0 Å². The Morgan fingerprint density at radius 3 is 2.42 bits per heavy atom. The maximum absolute atomic E-state index is 13.8. The fourth-order valence-corrected chi connectivity index (χ4v) is 5.24. The summed E-state index contributed by atoms with van der Waals surface area (Å²) >= 11 is 8.13. The van der Waals surface area contributed by atoms with Crippen molar-refractivity contribution in [2.24, 2.45) is 5.92 Å². The summed E-state index contributed by atoms with van der Waals surface area (Å²) in [5.74, 6) is -2.18. The topological polar surface area (TPSA) is 86.7 Å². The molecular formula is C23H22ClIN2O4. The molecule has 6 nitrogen and oxygen atoms in total. The summed E-state index contributed by atoms with van der Waals surface area (Å²) in [6.07, 6.45) is 4.33. The molecule has 0 bridgehead atoms. The highest BCUT2D eigenvalue weighted by molar-refractivity contribution is 14.1. The lowest BCUT2D eigenvalue weighted by atomic mass is 9.82. The van der Waals surface area contributed by atoms with E-state index in [1.807, 2.05) is 0 Å². The van der Waals surface area contributed by atoms with Crippen molar-refractivity contribution in [2.75, 3.05) is 5.32 Å². The molecule has 2 aromatic rings. The van der Waals surface area contributed by atoms with Gasteiger partial charge in [0.05, 0.1) is 11.3 Å². The number of benzene rings is 2. The number of fused-ring (bicyclic) bond motifs is 1. The highest BCUT2D eigenvalue weighted by atomic mass is 127. The average Bonchev–Trinajstić information content (AvgIpc) is 2.85. The number of aliphatic carboxylic acids is 1. The Hall–Kier alpha value is -2.13. The van der Waals surface area contributed by atoms with Crippen LogP contribution in [-0.4, -0.2) is 33.8 Å². The maximum atomic E-state index is 13.8.